The van der Waals surface area contributed by atoms with E-state index in [0.29, 0.717) is 0 Å². The summed E-state index contributed by atoms with van der Waals surface area (Å²) in [5, 5.41) is 0.845. The van der Waals surface area contributed by atoms with Gasteiger partial charge < -0.3 is 4.18 Å². The third kappa shape index (κ3) is 3.45. The Morgan fingerprint density at radius 2 is 2.00 bits per heavy atom. The molecule has 0 amide bonds. The Bertz CT molecular complexity index is 633. The Hall–Kier alpha value is -1.09. The van der Waals surface area contributed by atoms with E-state index < -0.39 is 10.4 Å². The van der Waals surface area contributed by atoms with E-state index in [0.717, 1.165) is 14.8 Å². The number of rotatable bonds is 4. The fourth-order valence-electron chi connectivity index (χ4n) is 1.26. The van der Waals surface area contributed by atoms with Gasteiger partial charge in [-0.05, 0) is 30.5 Å². The maximum Gasteiger partial charge on any atom is 0.446 e. The summed E-state index contributed by atoms with van der Waals surface area (Å²) in [7, 11) is -4.47. The first kappa shape index (κ1) is 13.3. The minimum atomic E-state index is -4.47. The van der Waals surface area contributed by atoms with Gasteiger partial charge in [-0.1, -0.05) is 0 Å². The number of thiazole rings is 1. The third-order valence-corrected chi connectivity index (χ3v) is 4.49. The van der Waals surface area contributed by atoms with Crippen LogP contribution < -0.4 is 4.18 Å². The molecular formula is C10H9NO4S3. The molecule has 0 saturated carbocycles. The first-order chi connectivity index (χ1) is 8.48. The maximum absolute atomic E-state index is 10.5. The van der Waals surface area contributed by atoms with Crippen molar-refractivity contribution in [3.63, 3.8) is 0 Å². The molecule has 2 rings (SSSR count). The van der Waals surface area contributed by atoms with Gasteiger partial charge >= 0.3 is 10.4 Å². The first-order valence-corrected chi connectivity index (χ1v) is 8.16. The van der Waals surface area contributed by atoms with Crippen molar-refractivity contribution in [1.82, 2.24) is 4.98 Å². The molecule has 96 valence electrons. The van der Waals surface area contributed by atoms with Gasteiger partial charge in [0.2, 0.25) is 0 Å². The molecule has 0 aliphatic rings. The molecule has 1 aromatic carbocycles. The van der Waals surface area contributed by atoms with Gasteiger partial charge in [0.15, 0.2) is 0 Å². The molecule has 18 heavy (non-hydrogen) atoms. The van der Waals surface area contributed by atoms with Crippen molar-refractivity contribution in [1.29, 1.82) is 0 Å². The second-order valence-corrected chi connectivity index (χ2v) is 6.38. The van der Waals surface area contributed by atoms with Crippen molar-refractivity contribution in [2.24, 2.45) is 0 Å². The summed E-state index contributed by atoms with van der Waals surface area (Å²) in [6.07, 6.45) is 3.76. The summed E-state index contributed by atoms with van der Waals surface area (Å²) in [5.41, 5.74) is 0.864. The first-order valence-electron chi connectivity index (χ1n) is 4.75. The normalized spacial score (nSPS) is 11.4. The quantitative estimate of drug-likeness (QED) is 0.691. The fraction of sp³-hybridized carbons (Fsp3) is 0.100. The lowest BCUT2D eigenvalue weighted by molar-refractivity contribution is 0.387. The Balaban J connectivity index is 2.22. The predicted octanol–water partition coefficient (Wildman–Crippen LogP) is 2.71. The molecule has 8 heteroatoms. The minimum absolute atomic E-state index is 0.0582. The van der Waals surface area contributed by atoms with Crippen molar-refractivity contribution in [2.75, 3.05) is 6.26 Å². The van der Waals surface area contributed by atoms with Crippen molar-refractivity contribution in [3.8, 4) is 16.3 Å². The summed E-state index contributed by atoms with van der Waals surface area (Å²) >= 11 is 3.16. The monoisotopic (exact) mass is 303 g/mol. The van der Waals surface area contributed by atoms with Gasteiger partial charge in [0.25, 0.3) is 0 Å². The molecule has 0 fully saturated rings. The molecule has 0 radical (unpaired) electrons. The fourth-order valence-corrected chi connectivity index (χ4v) is 3.00. The van der Waals surface area contributed by atoms with E-state index in [4.69, 9.17) is 4.55 Å². The highest BCUT2D eigenvalue weighted by atomic mass is 32.3. The Morgan fingerprint density at radius 3 is 2.50 bits per heavy atom. The van der Waals surface area contributed by atoms with Gasteiger partial charge in [-0.3, -0.25) is 4.55 Å². The lowest BCUT2D eigenvalue weighted by atomic mass is 10.2. The van der Waals surface area contributed by atoms with Crippen LogP contribution in [0.4, 0.5) is 0 Å². The largest absolute Gasteiger partial charge is 0.446 e. The average molecular weight is 303 g/mol. The highest BCUT2D eigenvalue weighted by Gasteiger charge is 2.08. The number of hydrogen-bond donors (Lipinski definition) is 1. The number of thioether (sulfide) groups is 1. The number of hydrogen-bond acceptors (Lipinski definition) is 6. The molecule has 1 heterocycles. The topological polar surface area (TPSA) is 76.5 Å². The lowest BCUT2D eigenvalue weighted by Gasteiger charge is -2.01. The van der Waals surface area contributed by atoms with Crippen LogP contribution in [0.5, 0.6) is 5.75 Å². The molecule has 1 aromatic heterocycles. The van der Waals surface area contributed by atoms with Gasteiger partial charge in [-0.15, -0.1) is 23.1 Å². The van der Waals surface area contributed by atoms with E-state index in [1.165, 1.54) is 12.1 Å². The highest BCUT2D eigenvalue weighted by molar-refractivity contribution is 8.00. The highest BCUT2D eigenvalue weighted by Crippen LogP contribution is 2.31. The van der Waals surface area contributed by atoms with Crippen molar-refractivity contribution in [3.05, 3.63) is 30.5 Å². The van der Waals surface area contributed by atoms with Crippen LogP contribution in [0.25, 0.3) is 10.6 Å². The average Bonchev–Trinajstić information content (AvgIpc) is 2.76. The van der Waals surface area contributed by atoms with E-state index >= 15 is 0 Å². The van der Waals surface area contributed by atoms with Crippen molar-refractivity contribution < 1.29 is 17.2 Å². The standard InChI is InChI=1S/C10H9NO4S3/c1-16-9-6-11-10(17-9)7-2-4-8(5-3-7)15-18(12,13)14/h2-6H,1H3,(H,12,13,14). The molecule has 0 aliphatic heterocycles. The van der Waals surface area contributed by atoms with Gasteiger partial charge in [-0.25, -0.2) is 4.98 Å². The van der Waals surface area contributed by atoms with Gasteiger partial charge in [-0.2, -0.15) is 8.42 Å². The SMILES string of the molecule is CSc1cnc(-c2ccc(OS(=O)(=O)O)cc2)s1. The van der Waals surface area contributed by atoms with Crippen LogP contribution in [0.15, 0.2) is 34.7 Å². The van der Waals surface area contributed by atoms with Crippen LogP contribution >= 0.6 is 23.1 Å². The van der Waals surface area contributed by atoms with E-state index in [2.05, 4.69) is 9.17 Å². The second-order valence-electron chi connectivity index (χ2n) is 3.22. The molecule has 0 unspecified atom stereocenters. The summed E-state index contributed by atoms with van der Waals surface area (Å²) in [6.45, 7) is 0. The van der Waals surface area contributed by atoms with E-state index in [1.54, 1.807) is 41.4 Å². The molecule has 0 aliphatic carbocycles. The zero-order valence-corrected chi connectivity index (χ0v) is 11.7. The Kier molecular flexibility index (Phi) is 3.91. The molecule has 0 spiro atoms. The molecule has 1 N–H and O–H groups in total. The smallest absolute Gasteiger partial charge is 0.362 e. The third-order valence-electron chi connectivity index (χ3n) is 1.99. The number of nitrogens with zero attached hydrogens (tertiary/aromatic N) is 1. The zero-order valence-electron chi connectivity index (χ0n) is 9.23. The zero-order chi connectivity index (χ0) is 13.2. The van der Waals surface area contributed by atoms with Crippen LogP contribution in [0, 0.1) is 0 Å². The van der Waals surface area contributed by atoms with E-state index in [9.17, 15) is 8.42 Å². The summed E-state index contributed by atoms with van der Waals surface area (Å²) in [5.74, 6) is 0.0582. The minimum Gasteiger partial charge on any atom is -0.362 e. The molecular weight excluding hydrogens is 294 g/mol. The lowest BCUT2D eigenvalue weighted by Crippen LogP contribution is -2.06. The molecule has 0 bridgehead atoms. The van der Waals surface area contributed by atoms with Crippen LogP contribution in [-0.4, -0.2) is 24.2 Å². The van der Waals surface area contributed by atoms with Gasteiger partial charge in [0.05, 0.1) is 10.4 Å². The second kappa shape index (κ2) is 5.27. The maximum atomic E-state index is 10.5. The van der Waals surface area contributed by atoms with Crippen molar-refractivity contribution in [2.45, 2.75) is 4.21 Å². The summed E-state index contributed by atoms with van der Waals surface area (Å²) in [4.78, 5) is 4.25. The van der Waals surface area contributed by atoms with Gasteiger partial charge in [0, 0.05) is 5.56 Å². The number of benzene rings is 1. The summed E-state index contributed by atoms with van der Waals surface area (Å²) < 4.78 is 35.0. The Labute approximate surface area is 113 Å². The van der Waals surface area contributed by atoms with Crippen molar-refractivity contribution >= 4 is 33.5 Å². The van der Waals surface area contributed by atoms with Crippen LogP contribution in [0.2, 0.25) is 0 Å². The Morgan fingerprint density at radius 1 is 1.33 bits per heavy atom. The summed E-state index contributed by atoms with van der Waals surface area (Å²) in [6, 6.07) is 6.29. The van der Waals surface area contributed by atoms with Crippen LogP contribution in [0.3, 0.4) is 0 Å². The van der Waals surface area contributed by atoms with E-state index in [1.807, 2.05) is 6.26 Å². The molecule has 0 atom stereocenters. The molecule has 2 aromatic rings. The van der Waals surface area contributed by atoms with Gasteiger partial charge in [0.1, 0.15) is 10.8 Å². The van der Waals surface area contributed by atoms with Crippen LogP contribution in [0.1, 0.15) is 0 Å². The van der Waals surface area contributed by atoms with E-state index in [-0.39, 0.29) is 5.75 Å². The predicted molar refractivity (Wildman–Crippen MR) is 71.5 cm³/mol. The molecule has 0 saturated heterocycles. The molecule has 5 nitrogen and oxygen atoms in total. The number of aromatic nitrogens is 1. The van der Waals surface area contributed by atoms with Crippen LogP contribution in [-0.2, 0) is 10.4 Å².